The van der Waals surface area contributed by atoms with Crippen LogP contribution in [0.4, 0.5) is 5.82 Å². The van der Waals surface area contributed by atoms with Crippen molar-refractivity contribution in [3.63, 3.8) is 0 Å². The number of anilines is 1. The molecule has 1 saturated heterocycles. The third-order valence-electron chi connectivity index (χ3n) is 6.33. The molecular weight excluding hydrogens is 396 g/mol. The topological polar surface area (TPSA) is 52.5 Å². The summed E-state index contributed by atoms with van der Waals surface area (Å²) in [4.78, 5) is 14.7. The SMILES string of the molecule is Cc1nc(-c2ccccc2)nc(N2CCN(C[C@@H](O)C(C)C)CC2)c1Cc1ccccc1. The molecule has 1 fully saturated rings. The van der Waals surface area contributed by atoms with E-state index in [1.54, 1.807) is 0 Å². The van der Waals surface area contributed by atoms with Gasteiger partial charge in [-0.15, -0.1) is 0 Å². The van der Waals surface area contributed by atoms with Crippen LogP contribution in [0.5, 0.6) is 0 Å². The Morgan fingerprint density at radius 3 is 2.12 bits per heavy atom. The van der Waals surface area contributed by atoms with E-state index in [1.165, 1.54) is 11.1 Å². The van der Waals surface area contributed by atoms with Crippen molar-refractivity contribution < 1.29 is 5.11 Å². The second-order valence-corrected chi connectivity index (χ2v) is 9.06. The van der Waals surface area contributed by atoms with Gasteiger partial charge < -0.3 is 10.0 Å². The maximum absolute atomic E-state index is 10.3. The maximum atomic E-state index is 10.3. The fourth-order valence-corrected chi connectivity index (χ4v) is 4.18. The van der Waals surface area contributed by atoms with Gasteiger partial charge in [0.05, 0.1) is 6.10 Å². The summed E-state index contributed by atoms with van der Waals surface area (Å²) in [6.07, 6.45) is 0.546. The van der Waals surface area contributed by atoms with Crippen molar-refractivity contribution in [3.8, 4) is 11.4 Å². The highest BCUT2D eigenvalue weighted by Crippen LogP contribution is 2.28. The number of hydrogen-bond acceptors (Lipinski definition) is 5. The molecule has 0 spiro atoms. The minimum absolute atomic E-state index is 0.277. The molecule has 1 aromatic heterocycles. The summed E-state index contributed by atoms with van der Waals surface area (Å²) in [7, 11) is 0. The Morgan fingerprint density at radius 2 is 1.50 bits per heavy atom. The minimum atomic E-state index is -0.277. The molecular formula is C27H34N4O. The smallest absolute Gasteiger partial charge is 0.161 e. The van der Waals surface area contributed by atoms with E-state index in [9.17, 15) is 5.11 Å². The Labute approximate surface area is 191 Å². The molecule has 5 nitrogen and oxygen atoms in total. The van der Waals surface area contributed by atoms with Crippen molar-refractivity contribution >= 4 is 5.82 Å². The van der Waals surface area contributed by atoms with Crippen LogP contribution in [0.1, 0.15) is 30.7 Å². The van der Waals surface area contributed by atoms with Crippen LogP contribution in [0, 0.1) is 12.8 Å². The van der Waals surface area contributed by atoms with E-state index in [4.69, 9.17) is 9.97 Å². The van der Waals surface area contributed by atoms with Gasteiger partial charge in [-0.3, -0.25) is 4.90 Å². The number of benzene rings is 2. The number of nitrogens with zero attached hydrogens (tertiary/aromatic N) is 4. The lowest BCUT2D eigenvalue weighted by Crippen LogP contribution is -2.49. The summed E-state index contributed by atoms with van der Waals surface area (Å²) in [5, 5.41) is 10.3. The molecule has 5 heteroatoms. The molecule has 0 aliphatic carbocycles. The number of aliphatic hydroxyl groups excluding tert-OH is 1. The van der Waals surface area contributed by atoms with Gasteiger partial charge in [-0.2, -0.15) is 0 Å². The van der Waals surface area contributed by atoms with Crippen molar-refractivity contribution in [3.05, 3.63) is 77.5 Å². The van der Waals surface area contributed by atoms with E-state index in [-0.39, 0.29) is 12.0 Å². The number of aryl methyl sites for hydroxylation is 1. The second kappa shape index (κ2) is 10.2. The molecule has 2 aromatic carbocycles. The van der Waals surface area contributed by atoms with Gasteiger partial charge in [-0.05, 0) is 18.4 Å². The van der Waals surface area contributed by atoms with Gasteiger partial charge in [0.25, 0.3) is 0 Å². The van der Waals surface area contributed by atoms with Gasteiger partial charge in [0, 0.05) is 56.0 Å². The number of aliphatic hydroxyl groups is 1. The maximum Gasteiger partial charge on any atom is 0.161 e. The van der Waals surface area contributed by atoms with E-state index in [0.29, 0.717) is 0 Å². The zero-order chi connectivity index (χ0) is 22.5. The van der Waals surface area contributed by atoms with Crippen molar-refractivity contribution in [1.29, 1.82) is 0 Å². The Kier molecular flexibility index (Phi) is 7.18. The molecule has 1 N–H and O–H groups in total. The predicted octanol–water partition coefficient (Wildman–Crippen LogP) is 4.18. The Hall–Kier alpha value is -2.76. The van der Waals surface area contributed by atoms with Gasteiger partial charge in [0.1, 0.15) is 5.82 Å². The molecule has 168 valence electrons. The van der Waals surface area contributed by atoms with Crippen molar-refractivity contribution in [2.75, 3.05) is 37.6 Å². The number of aromatic nitrogens is 2. The fraction of sp³-hybridized carbons (Fsp3) is 0.407. The van der Waals surface area contributed by atoms with Gasteiger partial charge in [-0.1, -0.05) is 74.5 Å². The number of piperazine rings is 1. The highest BCUT2D eigenvalue weighted by Gasteiger charge is 2.24. The first-order chi connectivity index (χ1) is 15.5. The number of rotatable bonds is 7. The fourth-order valence-electron chi connectivity index (χ4n) is 4.18. The Morgan fingerprint density at radius 1 is 0.875 bits per heavy atom. The lowest BCUT2D eigenvalue weighted by molar-refractivity contribution is 0.0738. The first kappa shape index (κ1) is 22.4. The summed E-state index contributed by atoms with van der Waals surface area (Å²) in [5.41, 5.74) is 4.55. The quantitative estimate of drug-likeness (QED) is 0.609. The summed E-state index contributed by atoms with van der Waals surface area (Å²) < 4.78 is 0. The van der Waals surface area contributed by atoms with Gasteiger partial charge >= 0.3 is 0 Å². The molecule has 1 aliphatic heterocycles. The zero-order valence-corrected chi connectivity index (χ0v) is 19.4. The van der Waals surface area contributed by atoms with Gasteiger partial charge in [-0.25, -0.2) is 9.97 Å². The molecule has 2 heterocycles. The summed E-state index contributed by atoms with van der Waals surface area (Å²) in [5.74, 6) is 2.11. The van der Waals surface area contributed by atoms with Crippen LogP contribution in [0.25, 0.3) is 11.4 Å². The summed E-state index contributed by atoms with van der Waals surface area (Å²) in [6, 6.07) is 20.8. The van der Waals surface area contributed by atoms with E-state index >= 15 is 0 Å². The third-order valence-corrected chi connectivity index (χ3v) is 6.33. The first-order valence-corrected chi connectivity index (χ1v) is 11.6. The third kappa shape index (κ3) is 5.34. The van der Waals surface area contributed by atoms with E-state index in [0.717, 1.165) is 62.0 Å². The minimum Gasteiger partial charge on any atom is -0.392 e. The molecule has 1 atom stereocenters. The molecule has 0 radical (unpaired) electrons. The first-order valence-electron chi connectivity index (χ1n) is 11.6. The lowest BCUT2D eigenvalue weighted by Gasteiger charge is -2.37. The molecule has 3 aromatic rings. The number of hydrogen-bond donors (Lipinski definition) is 1. The molecule has 32 heavy (non-hydrogen) atoms. The van der Waals surface area contributed by atoms with Crippen LogP contribution in [0.2, 0.25) is 0 Å². The standard InChI is InChI=1S/C27H34N4O/c1-20(2)25(32)19-30-14-16-31(17-15-30)27-24(18-22-10-6-4-7-11-22)21(3)28-26(29-27)23-12-8-5-9-13-23/h4-13,20,25,32H,14-19H2,1-3H3/t25-/m1/s1. The van der Waals surface area contributed by atoms with E-state index in [1.807, 2.05) is 18.2 Å². The largest absolute Gasteiger partial charge is 0.392 e. The lowest BCUT2D eigenvalue weighted by atomic mass is 10.0. The summed E-state index contributed by atoms with van der Waals surface area (Å²) in [6.45, 7) is 10.6. The summed E-state index contributed by atoms with van der Waals surface area (Å²) >= 11 is 0. The second-order valence-electron chi connectivity index (χ2n) is 9.06. The average Bonchev–Trinajstić information content (AvgIpc) is 2.82. The van der Waals surface area contributed by atoms with Crippen LogP contribution in [0.3, 0.4) is 0 Å². The van der Waals surface area contributed by atoms with Crippen LogP contribution in [0.15, 0.2) is 60.7 Å². The predicted molar refractivity (Wildman–Crippen MR) is 131 cm³/mol. The highest BCUT2D eigenvalue weighted by atomic mass is 16.3. The van der Waals surface area contributed by atoms with E-state index < -0.39 is 0 Å². The van der Waals surface area contributed by atoms with Crippen LogP contribution in [-0.4, -0.2) is 58.8 Å². The van der Waals surface area contributed by atoms with Crippen molar-refractivity contribution in [1.82, 2.24) is 14.9 Å². The highest BCUT2D eigenvalue weighted by molar-refractivity contribution is 5.61. The Balaban J connectivity index is 1.62. The van der Waals surface area contributed by atoms with Crippen molar-refractivity contribution in [2.24, 2.45) is 5.92 Å². The van der Waals surface area contributed by atoms with Crippen molar-refractivity contribution in [2.45, 2.75) is 33.3 Å². The molecule has 0 saturated carbocycles. The Bertz CT molecular complexity index is 999. The van der Waals surface area contributed by atoms with Crippen LogP contribution in [-0.2, 0) is 6.42 Å². The van der Waals surface area contributed by atoms with Crippen LogP contribution >= 0.6 is 0 Å². The normalized spacial score (nSPS) is 15.8. The average molecular weight is 431 g/mol. The van der Waals surface area contributed by atoms with E-state index in [2.05, 4.69) is 73.0 Å². The monoisotopic (exact) mass is 430 g/mol. The van der Waals surface area contributed by atoms with Gasteiger partial charge in [0.15, 0.2) is 5.82 Å². The molecule has 0 bridgehead atoms. The van der Waals surface area contributed by atoms with Gasteiger partial charge in [0.2, 0.25) is 0 Å². The molecule has 4 rings (SSSR count). The van der Waals surface area contributed by atoms with Crippen LogP contribution < -0.4 is 4.90 Å². The number of β-amino-alcohol motifs (C(OH)–C–C–N with tert-alkyl or cyclic N) is 1. The molecule has 0 unspecified atom stereocenters. The molecule has 0 amide bonds. The molecule has 1 aliphatic rings. The zero-order valence-electron chi connectivity index (χ0n) is 19.4.